The molecule has 0 radical (unpaired) electrons. The zero-order valence-corrected chi connectivity index (χ0v) is 25.1. The summed E-state index contributed by atoms with van der Waals surface area (Å²) >= 11 is 0. The van der Waals surface area contributed by atoms with Crippen molar-refractivity contribution in [3.05, 3.63) is 59.2 Å². The first-order chi connectivity index (χ1) is 19.6. The second-order valence-corrected chi connectivity index (χ2v) is 11.5. The van der Waals surface area contributed by atoms with Crippen LogP contribution in [0.15, 0.2) is 47.6 Å². The van der Waals surface area contributed by atoms with E-state index in [2.05, 4.69) is 10.2 Å². The van der Waals surface area contributed by atoms with Crippen LogP contribution in [0, 0.1) is 6.92 Å². The van der Waals surface area contributed by atoms with E-state index in [1.54, 1.807) is 19.1 Å². The van der Waals surface area contributed by atoms with Crippen molar-refractivity contribution >= 4 is 17.6 Å². The van der Waals surface area contributed by atoms with Crippen LogP contribution in [0.1, 0.15) is 49.9 Å². The first kappa shape index (κ1) is 30.3. The molecule has 0 aliphatic carbocycles. The highest BCUT2D eigenvalue weighted by Crippen LogP contribution is 2.36. The fourth-order valence-corrected chi connectivity index (χ4v) is 4.96. The van der Waals surface area contributed by atoms with Gasteiger partial charge in [-0.05, 0) is 45.4 Å². The van der Waals surface area contributed by atoms with Crippen molar-refractivity contribution in [2.75, 3.05) is 60.2 Å². The van der Waals surface area contributed by atoms with Crippen molar-refractivity contribution < 1.29 is 23.8 Å². The van der Waals surface area contributed by atoms with Crippen molar-refractivity contribution in [3.8, 4) is 11.5 Å². The molecule has 0 spiro atoms. The second-order valence-electron chi connectivity index (χ2n) is 11.5. The third-order valence-electron chi connectivity index (χ3n) is 7.23. The van der Waals surface area contributed by atoms with E-state index in [-0.39, 0.29) is 24.5 Å². The van der Waals surface area contributed by atoms with Gasteiger partial charge in [0.15, 0.2) is 0 Å². The molecule has 1 N–H and O–H groups in total. The molecule has 222 valence electrons. The molecule has 0 saturated carbocycles. The van der Waals surface area contributed by atoms with Gasteiger partial charge in [-0.2, -0.15) is 5.10 Å². The number of benzene rings is 2. The second kappa shape index (κ2) is 13.4. The lowest BCUT2D eigenvalue weighted by molar-refractivity contribution is -0.133. The lowest BCUT2D eigenvalue weighted by atomic mass is 9.97. The van der Waals surface area contributed by atoms with Crippen LogP contribution in [-0.4, -0.2) is 98.2 Å². The summed E-state index contributed by atoms with van der Waals surface area (Å²) in [5.74, 6) is 1.05. The molecular formula is C31H43N5O5. The molecule has 2 aromatic carbocycles. The molecule has 2 aliphatic heterocycles. The standard InChI is InChI=1S/C31H43N5O5/c1-22-7-9-23(10-8-22)27-20-26(25-12-11-24(39-5)19-28(25)40-6)33-36(27)29(37)21-35(30(38)32-31(2,3)4)14-13-34-15-17-41-18-16-34/h7-12,19,27H,13-18,20-21H2,1-6H3,(H,32,38). The predicted molar refractivity (Wildman–Crippen MR) is 159 cm³/mol. The van der Waals surface area contributed by atoms with Crippen molar-refractivity contribution in [2.24, 2.45) is 5.10 Å². The lowest BCUT2D eigenvalue weighted by Crippen LogP contribution is -2.53. The minimum Gasteiger partial charge on any atom is -0.497 e. The van der Waals surface area contributed by atoms with E-state index in [0.717, 1.165) is 35.5 Å². The third kappa shape index (κ3) is 7.98. The summed E-state index contributed by atoms with van der Waals surface area (Å²) in [5.41, 5.74) is 3.22. The molecule has 0 bridgehead atoms. The number of carbonyl (C=O) groups is 2. The number of hydrogen-bond donors (Lipinski definition) is 1. The predicted octanol–water partition coefficient (Wildman–Crippen LogP) is 3.83. The Bertz CT molecular complexity index is 1230. The van der Waals surface area contributed by atoms with Gasteiger partial charge in [0.25, 0.3) is 5.91 Å². The summed E-state index contributed by atoms with van der Waals surface area (Å²) in [4.78, 5) is 31.2. The maximum Gasteiger partial charge on any atom is 0.318 e. The number of aryl methyl sites for hydroxylation is 1. The van der Waals surface area contributed by atoms with E-state index in [9.17, 15) is 9.59 Å². The van der Waals surface area contributed by atoms with Crippen LogP contribution in [-0.2, 0) is 9.53 Å². The molecular weight excluding hydrogens is 522 g/mol. The molecule has 1 atom stereocenters. The average Bonchev–Trinajstić information content (AvgIpc) is 3.40. The Morgan fingerprint density at radius 2 is 1.78 bits per heavy atom. The number of hydrogen-bond acceptors (Lipinski definition) is 7. The maximum atomic E-state index is 14.0. The smallest absolute Gasteiger partial charge is 0.318 e. The van der Waals surface area contributed by atoms with Crippen LogP contribution in [0.2, 0.25) is 0 Å². The van der Waals surface area contributed by atoms with Gasteiger partial charge < -0.3 is 24.4 Å². The molecule has 2 heterocycles. The van der Waals surface area contributed by atoms with Crippen LogP contribution < -0.4 is 14.8 Å². The molecule has 10 heteroatoms. The average molecular weight is 566 g/mol. The van der Waals surface area contributed by atoms with Crippen molar-refractivity contribution in [1.29, 1.82) is 0 Å². The number of nitrogens with zero attached hydrogens (tertiary/aromatic N) is 4. The summed E-state index contributed by atoms with van der Waals surface area (Å²) in [5, 5.41) is 9.39. The van der Waals surface area contributed by atoms with Gasteiger partial charge in [0.2, 0.25) is 0 Å². The molecule has 3 amide bonds. The van der Waals surface area contributed by atoms with Gasteiger partial charge in [-0.1, -0.05) is 29.8 Å². The zero-order valence-electron chi connectivity index (χ0n) is 25.1. The molecule has 0 aromatic heterocycles. The lowest BCUT2D eigenvalue weighted by Gasteiger charge is -2.32. The minimum atomic E-state index is -0.439. The number of hydrazone groups is 1. The molecule has 1 fully saturated rings. The Morgan fingerprint density at radius 3 is 2.41 bits per heavy atom. The van der Waals surface area contributed by atoms with Gasteiger partial charge in [0, 0.05) is 49.8 Å². The number of ether oxygens (including phenoxy) is 3. The van der Waals surface area contributed by atoms with Crippen LogP contribution in [0.4, 0.5) is 4.79 Å². The summed E-state index contributed by atoms with van der Waals surface area (Å²) in [6.07, 6.45) is 0.513. The van der Waals surface area contributed by atoms with E-state index in [1.165, 1.54) is 5.01 Å². The minimum absolute atomic E-state index is 0.0921. The van der Waals surface area contributed by atoms with Gasteiger partial charge in [-0.15, -0.1) is 0 Å². The molecule has 41 heavy (non-hydrogen) atoms. The number of rotatable bonds is 9. The first-order valence-corrected chi connectivity index (χ1v) is 14.1. The number of nitrogens with one attached hydrogen (secondary N) is 1. The maximum absolute atomic E-state index is 14.0. The monoisotopic (exact) mass is 565 g/mol. The van der Waals surface area contributed by atoms with Crippen molar-refractivity contribution in [3.63, 3.8) is 0 Å². The van der Waals surface area contributed by atoms with Crippen LogP contribution in [0.5, 0.6) is 11.5 Å². The van der Waals surface area contributed by atoms with E-state index in [4.69, 9.17) is 19.3 Å². The van der Waals surface area contributed by atoms with Crippen molar-refractivity contribution in [1.82, 2.24) is 20.1 Å². The molecule has 4 rings (SSSR count). The van der Waals surface area contributed by atoms with E-state index in [1.807, 2.05) is 70.2 Å². The van der Waals surface area contributed by atoms with E-state index < -0.39 is 5.54 Å². The summed E-state index contributed by atoms with van der Waals surface area (Å²) in [7, 11) is 3.21. The number of methoxy groups -OCH3 is 2. The normalized spacial score (nSPS) is 17.7. The first-order valence-electron chi connectivity index (χ1n) is 14.1. The Hall–Kier alpha value is -3.63. The zero-order chi connectivity index (χ0) is 29.6. The summed E-state index contributed by atoms with van der Waals surface area (Å²) in [6, 6.07) is 13.1. The molecule has 10 nitrogen and oxygen atoms in total. The number of carbonyl (C=O) groups excluding carboxylic acids is 2. The Morgan fingerprint density at radius 1 is 1.07 bits per heavy atom. The SMILES string of the molecule is COc1ccc(C2=NN(C(=O)CN(CCN3CCOCC3)C(=O)NC(C)(C)C)C(c3ccc(C)cc3)C2)c(OC)c1. The van der Waals surface area contributed by atoms with Crippen LogP contribution >= 0.6 is 0 Å². The third-order valence-corrected chi connectivity index (χ3v) is 7.23. The highest BCUT2D eigenvalue weighted by atomic mass is 16.5. The quantitative estimate of drug-likeness (QED) is 0.497. The van der Waals surface area contributed by atoms with Gasteiger partial charge in [0.1, 0.15) is 18.0 Å². The van der Waals surface area contributed by atoms with E-state index in [0.29, 0.717) is 44.2 Å². The Balaban J connectivity index is 1.61. The molecule has 1 unspecified atom stereocenters. The van der Waals surface area contributed by atoms with Crippen LogP contribution in [0.25, 0.3) is 0 Å². The largest absolute Gasteiger partial charge is 0.497 e. The highest BCUT2D eigenvalue weighted by molar-refractivity contribution is 6.05. The van der Waals surface area contributed by atoms with E-state index >= 15 is 0 Å². The summed E-state index contributed by atoms with van der Waals surface area (Å²) < 4.78 is 16.5. The van der Waals surface area contributed by atoms with Gasteiger partial charge in [-0.25, -0.2) is 9.80 Å². The Labute approximate surface area is 243 Å². The van der Waals surface area contributed by atoms with Gasteiger partial charge >= 0.3 is 6.03 Å². The number of morpholine rings is 1. The Kier molecular flexibility index (Phi) is 9.88. The molecule has 1 saturated heterocycles. The fourth-order valence-electron chi connectivity index (χ4n) is 4.96. The fraction of sp³-hybridized carbons (Fsp3) is 0.516. The van der Waals surface area contributed by atoms with Gasteiger partial charge in [-0.3, -0.25) is 9.69 Å². The van der Waals surface area contributed by atoms with Crippen LogP contribution in [0.3, 0.4) is 0 Å². The number of amides is 3. The summed E-state index contributed by atoms with van der Waals surface area (Å²) in [6.45, 7) is 11.8. The molecule has 2 aromatic rings. The van der Waals surface area contributed by atoms with Gasteiger partial charge in [0.05, 0.1) is 39.2 Å². The topological polar surface area (TPSA) is 95.9 Å². The number of urea groups is 1. The highest BCUT2D eigenvalue weighted by Gasteiger charge is 2.35. The molecule has 2 aliphatic rings. The van der Waals surface area contributed by atoms with Crippen molar-refractivity contribution in [2.45, 2.75) is 45.7 Å².